The highest BCUT2D eigenvalue weighted by atomic mass is 32.2. The first-order valence-electron chi connectivity index (χ1n) is 5.48. The Hall–Kier alpha value is -1.56. The van der Waals surface area contributed by atoms with Crippen molar-refractivity contribution in [1.82, 2.24) is 10.1 Å². The fourth-order valence-electron chi connectivity index (χ4n) is 1.51. The van der Waals surface area contributed by atoms with Gasteiger partial charge in [0.1, 0.15) is 11.1 Å². The Morgan fingerprint density at radius 2 is 2.28 bits per heavy atom. The molecule has 0 aliphatic rings. The van der Waals surface area contributed by atoms with Gasteiger partial charge in [0.2, 0.25) is 5.89 Å². The Labute approximate surface area is 107 Å². The van der Waals surface area contributed by atoms with Crippen molar-refractivity contribution in [1.29, 1.82) is 0 Å². The van der Waals surface area contributed by atoms with Gasteiger partial charge in [-0.2, -0.15) is 4.98 Å². The van der Waals surface area contributed by atoms with Crippen LogP contribution >= 0.6 is 0 Å². The van der Waals surface area contributed by atoms with E-state index in [4.69, 9.17) is 4.52 Å². The summed E-state index contributed by atoms with van der Waals surface area (Å²) in [6.07, 6.45) is 0. The average Bonchev–Trinajstić information content (AvgIpc) is 2.75. The van der Waals surface area contributed by atoms with Gasteiger partial charge in [-0.05, 0) is 31.5 Å². The number of halogens is 1. The van der Waals surface area contributed by atoms with Gasteiger partial charge in [0, 0.05) is 16.6 Å². The van der Waals surface area contributed by atoms with Gasteiger partial charge in [-0.3, -0.25) is 4.21 Å². The zero-order chi connectivity index (χ0) is 13.1. The first kappa shape index (κ1) is 12.9. The lowest BCUT2D eigenvalue weighted by Crippen LogP contribution is -2.06. The second-order valence-electron chi connectivity index (χ2n) is 3.98. The molecule has 0 saturated heterocycles. The van der Waals surface area contributed by atoms with E-state index in [2.05, 4.69) is 10.1 Å². The third-order valence-corrected chi connectivity index (χ3v) is 4.09. The van der Waals surface area contributed by atoms with Gasteiger partial charge in [-0.1, -0.05) is 17.3 Å². The van der Waals surface area contributed by atoms with Crippen LogP contribution in [-0.4, -0.2) is 14.3 Å². The summed E-state index contributed by atoms with van der Waals surface area (Å²) in [6, 6.07) is 6.08. The van der Waals surface area contributed by atoms with Crippen molar-refractivity contribution in [3.63, 3.8) is 0 Å². The Balaban J connectivity index is 2.08. The Bertz CT molecular complexity index is 571. The summed E-state index contributed by atoms with van der Waals surface area (Å²) in [5.41, 5.74) is 0.691. The molecular weight excluding hydrogens is 255 g/mol. The van der Waals surface area contributed by atoms with Crippen molar-refractivity contribution >= 4 is 10.8 Å². The molecular formula is C12H13FN2O2S. The lowest BCUT2D eigenvalue weighted by Gasteiger charge is -2.07. The zero-order valence-corrected chi connectivity index (χ0v) is 10.9. The number of aryl methyl sites for hydroxylation is 1. The molecule has 0 N–H and O–H groups in total. The SMILES string of the molecule is Cc1noc([C@H](C)[S@@](=O)Cc2cccc(F)c2)n1. The number of hydrogen-bond donors (Lipinski definition) is 0. The maximum Gasteiger partial charge on any atom is 0.242 e. The summed E-state index contributed by atoms with van der Waals surface area (Å²) in [5.74, 6) is 0.799. The molecule has 0 aliphatic heterocycles. The molecule has 0 radical (unpaired) electrons. The van der Waals surface area contributed by atoms with Crippen molar-refractivity contribution in [2.75, 3.05) is 0 Å². The molecule has 18 heavy (non-hydrogen) atoms. The van der Waals surface area contributed by atoms with Crippen molar-refractivity contribution in [3.8, 4) is 0 Å². The van der Waals surface area contributed by atoms with Crippen LogP contribution < -0.4 is 0 Å². The van der Waals surface area contributed by atoms with Crippen LogP contribution in [0.5, 0.6) is 0 Å². The molecule has 0 unspecified atom stereocenters. The summed E-state index contributed by atoms with van der Waals surface area (Å²) in [5, 5.41) is 3.29. The van der Waals surface area contributed by atoms with Crippen molar-refractivity contribution in [2.45, 2.75) is 24.9 Å². The molecule has 1 aromatic heterocycles. The van der Waals surface area contributed by atoms with Crippen LogP contribution in [0.25, 0.3) is 0 Å². The van der Waals surface area contributed by atoms with E-state index in [-0.39, 0.29) is 16.8 Å². The molecule has 0 amide bonds. The highest BCUT2D eigenvalue weighted by Crippen LogP contribution is 2.20. The van der Waals surface area contributed by atoms with Crippen molar-refractivity contribution in [3.05, 3.63) is 47.4 Å². The van der Waals surface area contributed by atoms with Crippen LogP contribution in [0.3, 0.4) is 0 Å². The summed E-state index contributed by atoms with van der Waals surface area (Å²) < 4.78 is 30.1. The van der Waals surface area contributed by atoms with Crippen LogP contribution in [0.2, 0.25) is 0 Å². The molecule has 4 nitrogen and oxygen atoms in total. The summed E-state index contributed by atoms with van der Waals surface area (Å²) in [6.45, 7) is 3.46. The number of aromatic nitrogens is 2. The van der Waals surface area contributed by atoms with E-state index >= 15 is 0 Å². The topological polar surface area (TPSA) is 56.0 Å². The van der Waals surface area contributed by atoms with Crippen LogP contribution in [0, 0.1) is 12.7 Å². The standard InChI is InChI=1S/C12H13FN2O2S/c1-8(12-14-9(2)15-17-12)18(16)7-10-4-3-5-11(13)6-10/h3-6,8H,7H2,1-2H3/t8-,18-/m0/s1. The lowest BCUT2D eigenvalue weighted by atomic mass is 10.2. The third-order valence-electron chi connectivity index (χ3n) is 2.48. The van der Waals surface area contributed by atoms with Gasteiger partial charge in [-0.25, -0.2) is 4.39 Å². The van der Waals surface area contributed by atoms with E-state index in [0.717, 1.165) is 0 Å². The highest BCUT2D eigenvalue weighted by Gasteiger charge is 2.20. The molecule has 0 spiro atoms. The Morgan fingerprint density at radius 1 is 1.50 bits per heavy atom. The Morgan fingerprint density at radius 3 is 2.89 bits per heavy atom. The zero-order valence-electron chi connectivity index (χ0n) is 10.1. The monoisotopic (exact) mass is 268 g/mol. The minimum Gasteiger partial charge on any atom is -0.338 e. The number of hydrogen-bond acceptors (Lipinski definition) is 4. The fourth-order valence-corrected chi connectivity index (χ4v) is 2.59. The Kier molecular flexibility index (Phi) is 3.86. The fraction of sp³-hybridized carbons (Fsp3) is 0.333. The second-order valence-corrected chi connectivity index (χ2v) is 5.73. The van der Waals surface area contributed by atoms with E-state index in [9.17, 15) is 8.60 Å². The van der Waals surface area contributed by atoms with E-state index in [1.165, 1.54) is 12.1 Å². The van der Waals surface area contributed by atoms with Gasteiger partial charge >= 0.3 is 0 Å². The molecule has 0 bridgehead atoms. The predicted octanol–water partition coefficient (Wildman–Crippen LogP) is 2.53. The molecule has 1 heterocycles. The van der Waals surface area contributed by atoms with Gasteiger partial charge < -0.3 is 4.52 Å². The quantitative estimate of drug-likeness (QED) is 0.855. The minimum absolute atomic E-state index is 0.264. The molecule has 1 aromatic carbocycles. The van der Waals surface area contributed by atoms with Gasteiger partial charge in [0.15, 0.2) is 5.82 Å². The van der Waals surface area contributed by atoms with E-state index in [1.54, 1.807) is 26.0 Å². The molecule has 2 atom stereocenters. The molecule has 2 rings (SSSR count). The average molecular weight is 268 g/mol. The van der Waals surface area contributed by atoms with E-state index in [0.29, 0.717) is 17.3 Å². The molecule has 96 valence electrons. The summed E-state index contributed by atoms with van der Waals surface area (Å²) >= 11 is 0. The van der Waals surface area contributed by atoms with Gasteiger partial charge in [0.05, 0.1) is 0 Å². The molecule has 0 saturated carbocycles. The molecule has 0 fully saturated rings. The van der Waals surface area contributed by atoms with Crippen molar-refractivity contribution < 1.29 is 13.1 Å². The van der Waals surface area contributed by atoms with Crippen molar-refractivity contribution in [2.24, 2.45) is 0 Å². The maximum atomic E-state index is 13.0. The first-order valence-corrected chi connectivity index (χ1v) is 6.86. The van der Waals surface area contributed by atoms with Crippen LogP contribution in [0.15, 0.2) is 28.8 Å². The van der Waals surface area contributed by atoms with Crippen LogP contribution in [0.4, 0.5) is 4.39 Å². The normalized spacial score (nSPS) is 14.4. The van der Waals surface area contributed by atoms with E-state index < -0.39 is 10.8 Å². The van der Waals surface area contributed by atoms with Crippen LogP contribution in [-0.2, 0) is 16.6 Å². The van der Waals surface area contributed by atoms with Gasteiger partial charge in [-0.15, -0.1) is 0 Å². The maximum absolute atomic E-state index is 13.0. The third kappa shape index (κ3) is 3.01. The van der Waals surface area contributed by atoms with Crippen LogP contribution in [0.1, 0.15) is 29.5 Å². The first-order chi connectivity index (χ1) is 8.56. The minimum atomic E-state index is -1.22. The summed E-state index contributed by atoms with van der Waals surface area (Å²) in [4.78, 5) is 4.05. The molecule has 0 aliphatic carbocycles. The lowest BCUT2D eigenvalue weighted by molar-refractivity contribution is 0.375. The smallest absolute Gasteiger partial charge is 0.242 e. The highest BCUT2D eigenvalue weighted by molar-refractivity contribution is 7.84. The number of rotatable bonds is 4. The van der Waals surface area contributed by atoms with E-state index in [1.807, 2.05) is 0 Å². The molecule has 6 heteroatoms. The molecule has 2 aromatic rings. The largest absolute Gasteiger partial charge is 0.338 e. The summed E-state index contributed by atoms with van der Waals surface area (Å²) in [7, 11) is -1.22. The number of nitrogens with zero attached hydrogens (tertiary/aromatic N) is 2. The predicted molar refractivity (Wildman–Crippen MR) is 65.7 cm³/mol. The number of benzene rings is 1. The second kappa shape index (κ2) is 5.39. The van der Waals surface area contributed by atoms with Gasteiger partial charge in [0.25, 0.3) is 0 Å².